The maximum atomic E-state index is 12.8. The Labute approximate surface area is 119 Å². The highest BCUT2D eigenvalue weighted by Gasteiger charge is 2.35. The van der Waals surface area contributed by atoms with Crippen molar-refractivity contribution in [2.75, 3.05) is 5.32 Å². The van der Waals surface area contributed by atoms with Crippen molar-refractivity contribution in [1.29, 1.82) is 0 Å². The Bertz CT molecular complexity index is 468. The van der Waals surface area contributed by atoms with E-state index < -0.39 is 11.7 Å². The highest BCUT2D eigenvalue weighted by molar-refractivity contribution is 9.10. The first-order chi connectivity index (χ1) is 8.68. The highest BCUT2D eigenvalue weighted by atomic mass is 79.9. The van der Waals surface area contributed by atoms with Gasteiger partial charge in [0.25, 0.3) is 0 Å². The molecule has 0 heterocycles. The molecule has 0 bridgehead atoms. The second-order valence-corrected chi connectivity index (χ2v) is 6.72. The lowest BCUT2D eigenvalue weighted by molar-refractivity contribution is -0.137. The second-order valence-electron chi connectivity index (χ2n) is 5.80. The molecule has 1 saturated carbocycles. The normalized spacial score (nSPS) is 22.5. The number of benzene rings is 1. The first kappa shape index (κ1) is 14.7. The molecule has 1 nitrogen and oxygen atoms in total. The summed E-state index contributed by atoms with van der Waals surface area (Å²) in [6, 6.07) is 4.20. The lowest BCUT2D eigenvalue weighted by atomic mass is 9.87. The van der Waals surface area contributed by atoms with E-state index in [0.717, 1.165) is 25.3 Å². The van der Waals surface area contributed by atoms with Gasteiger partial charge in [0.1, 0.15) is 0 Å². The molecule has 2 rings (SSSR count). The van der Waals surface area contributed by atoms with Crippen molar-refractivity contribution in [1.82, 2.24) is 0 Å². The molecule has 19 heavy (non-hydrogen) atoms. The Morgan fingerprint density at radius 3 is 2.47 bits per heavy atom. The van der Waals surface area contributed by atoms with Crippen LogP contribution < -0.4 is 5.32 Å². The molecule has 0 radical (unpaired) electrons. The molecule has 1 atom stereocenters. The van der Waals surface area contributed by atoms with Gasteiger partial charge in [0.15, 0.2) is 0 Å². The predicted octanol–water partition coefficient (Wildman–Crippen LogP) is 5.46. The van der Waals surface area contributed by atoms with Gasteiger partial charge in [-0.15, -0.1) is 0 Å². The number of anilines is 1. The van der Waals surface area contributed by atoms with E-state index >= 15 is 0 Å². The van der Waals surface area contributed by atoms with Crippen LogP contribution in [0, 0.1) is 5.41 Å². The molecule has 0 spiro atoms. The molecule has 0 amide bonds. The van der Waals surface area contributed by atoms with Gasteiger partial charge in [0, 0.05) is 16.2 Å². The standard InChI is InChI=1S/C14H17BrF3N/c1-13(2)5-3-4-12(13)19-11-7-9(14(16,17)18)6-10(15)8-11/h6-8,12,19H,3-5H2,1-2H3. The molecule has 5 heteroatoms. The summed E-state index contributed by atoms with van der Waals surface area (Å²) in [5.41, 5.74) is 0.0302. The number of hydrogen-bond acceptors (Lipinski definition) is 1. The number of hydrogen-bond donors (Lipinski definition) is 1. The van der Waals surface area contributed by atoms with Gasteiger partial charge < -0.3 is 5.32 Å². The molecule has 106 valence electrons. The molecular formula is C14H17BrF3N. The molecule has 0 aliphatic heterocycles. The third kappa shape index (κ3) is 3.44. The van der Waals surface area contributed by atoms with Crippen molar-refractivity contribution in [2.24, 2.45) is 5.41 Å². The van der Waals surface area contributed by atoms with Crippen molar-refractivity contribution in [3.05, 3.63) is 28.2 Å². The maximum Gasteiger partial charge on any atom is 0.416 e. The summed E-state index contributed by atoms with van der Waals surface area (Å²) < 4.78 is 38.7. The number of nitrogens with one attached hydrogen (secondary N) is 1. The van der Waals surface area contributed by atoms with Crippen LogP contribution in [-0.2, 0) is 6.18 Å². The monoisotopic (exact) mass is 335 g/mol. The largest absolute Gasteiger partial charge is 0.416 e. The molecule has 1 aliphatic carbocycles. The van der Waals surface area contributed by atoms with Crippen molar-refractivity contribution < 1.29 is 13.2 Å². The van der Waals surface area contributed by atoms with Crippen LogP contribution in [0.15, 0.2) is 22.7 Å². The molecule has 1 unspecified atom stereocenters. The number of alkyl halides is 3. The molecule has 1 aromatic carbocycles. The third-order valence-electron chi connectivity index (χ3n) is 3.82. The van der Waals surface area contributed by atoms with E-state index in [1.807, 2.05) is 0 Å². The Morgan fingerprint density at radius 1 is 1.26 bits per heavy atom. The smallest absolute Gasteiger partial charge is 0.382 e. The summed E-state index contributed by atoms with van der Waals surface area (Å²) in [7, 11) is 0. The zero-order valence-electron chi connectivity index (χ0n) is 10.9. The SMILES string of the molecule is CC1(C)CCCC1Nc1cc(Br)cc(C(F)(F)F)c1. The summed E-state index contributed by atoms with van der Waals surface area (Å²) in [4.78, 5) is 0. The zero-order chi connectivity index (χ0) is 14.3. The van der Waals surface area contributed by atoms with Crippen LogP contribution in [0.5, 0.6) is 0 Å². The average Bonchev–Trinajstić information content (AvgIpc) is 2.56. The predicted molar refractivity (Wildman–Crippen MR) is 74.2 cm³/mol. The Balaban J connectivity index is 2.24. The van der Waals surface area contributed by atoms with Gasteiger partial charge in [-0.1, -0.05) is 36.2 Å². The molecular weight excluding hydrogens is 319 g/mol. The van der Waals surface area contributed by atoms with Crippen LogP contribution in [-0.4, -0.2) is 6.04 Å². The van der Waals surface area contributed by atoms with Crippen LogP contribution >= 0.6 is 15.9 Å². The lowest BCUT2D eigenvalue weighted by Crippen LogP contribution is -2.30. The molecule has 1 aromatic rings. The van der Waals surface area contributed by atoms with Gasteiger partial charge >= 0.3 is 6.18 Å². The lowest BCUT2D eigenvalue weighted by Gasteiger charge is -2.29. The maximum absolute atomic E-state index is 12.8. The van der Waals surface area contributed by atoms with Crippen molar-refractivity contribution >= 4 is 21.6 Å². The number of rotatable bonds is 2. The van der Waals surface area contributed by atoms with E-state index in [9.17, 15) is 13.2 Å². The van der Waals surface area contributed by atoms with Crippen LogP contribution in [0.1, 0.15) is 38.7 Å². The average molecular weight is 336 g/mol. The topological polar surface area (TPSA) is 12.0 Å². The molecule has 0 saturated heterocycles. The Morgan fingerprint density at radius 2 is 1.95 bits per heavy atom. The zero-order valence-corrected chi connectivity index (χ0v) is 12.5. The Kier molecular flexibility index (Phi) is 3.87. The quantitative estimate of drug-likeness (QED) is 0.756. The minimum absolute atomic E-state index is 0.126. The van der Waals surface area contributed by atoms with Gasteiger partial charge in [0.2, 0.25) is 0 Å². The molecule has 1 N–H and O–H groups in total. The van der Waals surface area contributed by atoms with E-state index in [0.29, 0.717) is 10.2 Å². The third-order valence-corrected chi connectivity index (χ3v) is 4.28. The first-order valence-electron chi connectivity index (χ1n) is 6.33. The van der Waals surface area contributed by atoms with Crippen LogP contribution in [0.4, 0.5) is 18.9 Å². The van der Waals surface area contributed by atoms with Gasteiger partial charge in [-0.25, -0.2) is 0 Å². The van der Waals surface area contributed by atoms with Crippen LogP contribution in [0.2, 0.25) is 0 Å². The fourth-order valence-corrected chi connectivity index (χ4v) is 3.13. The second kappa shape index (κ2) is 5.00. The summed E-state index contributed by atoms with van der Waals surface area (Å²) in [6.07, 6.45) is -1.10. The van der Waals surface area contributed by atoms with Gasteiger partial charge in [-0.2, -0.15) is 13.2 Å². The van der Waals surface area contributed by atoms with Crippen molar-refractivity contribution in [3.63, 3.8) is 0 Å². The van der Waals surface area contributed by atoms with E-state index in [-0.39, 0.29) is 11.5 Å². The molecule has 1 aliphatic rings. The Hall–Kier alpha value is -0.710. The highest BCUT2D eigenvalue weighted by Crippen LogP contribution is 2.40. The summed E-state index contributed by atoms with van der Waals surface area (Å²) >= 11 is 3.14. The number of halogens is 4. The van der Waals surface area contributed by atoms with E-state index in [4.69, 9.17) is 0 Å². The van der Waals surface area contributed by atoms with Crippen molar-refractivity contribution in [3.8, 4) is 0 Å². The van der Waals surface area contributed by atoms with E-state index in [2.05, 4.69) is 35.1 Å². The first-order valence-corrected chi connectivity index (χ1v) is 7.12. The van der Waals surface area contributed by atoms with E-state index in [1.165, 1.54) is 6.07 Å². The van der Waals surface area contributed by atoms with Gasteiger partial charge in [-0.3, -0.25) is 0 Å². The van der Waals surface area contributed by atoms with Crippen LogP contribution in [0.25, 0.3) is 0 Å². The fourth-order valence-electron chi connectivity index (χ4n) is 2.63. The van der Waals surface area contributed by atoms with Gasteiger partial charge in [-0.05, 0) is 36.5 Å². The minimum Gasteiger partial charge on any atom is -0.382 e. The van der Waals surface area contributed by atoms with E-state index in [1.54, 1.807) is 6.07 Å². The molecule has 0 aromatic heterocycles. The van der Waals surface area contributed by atoms with Crippen LogP contribution in [0.3, 0.4) is 0 Å². The van der Waals surface area contributed by atoms with Crippen molar-refractivity contribution in [2.45, 2.75) is 45.3 Å². The van der Waals surface area contributed by atoms with Gasteiger partial charge in [0.05, 0.1) is 5.56 Å². The summed E-state index contributed by atoms with van der Waals surface area (Å²) in [5, 5.41) is 3.25. The summed E-state index contributed by atoms with van der Waals surface area (Å²) in [5.74, 6) is 0. The molecule has 1 fully saturated rings. The summed E-state index contributed by atoms with van der Waals surface area (Å²) in [6.45, 7) is 4.31. The minimum atomic E-state index is -4.31. The fraction of sp³-hybridized carbons (Fsp3) is 0.571.